The van der Waals surface area contributed by atoms with Crippen molar-refractivity contribution in [3.05, 3.63) is 54.1 Å². The Morgan fingerprint density at radius 3 is 2.43 bits per heavy atom. The molecule has 8 nitrogen and oxygen atoms in total. The van der Waals surface area contributed by atoms with E-state index in [1.165, 1.54) is 12.1 Å². The van der Waals surface area contributed by atoms with Gasteiger partial charge in [0.25, 0.3) is 0 Å². The summed E-state index contributed by atoms with van der Waals surface area (Å²) in [5, 5.41) is 9.00. The lowest BCUT2D eigenvalue weighted by Gasteiger charge is -2.20. The largest absolute Gasteiger partial charge is 0.441 e. The molecule has 35 heavy (non-hydrogen) atoms. The number of nitrogens with zero attached hydrogens (tertiary/aromatic N) is 1. The van der Waals surface area contributed by atoms with Crippen LogP contribution in [0.25, 0.3) is 0 Å². The zero-order chi connectivity index (χ0) is 25.2. The van der Waals surface area contributed by atoms with Gasteiger partial charge in [-0.3, -0.25) is 5.32 Å². The number of thiocarbonyl (C=S) groups is 1. The number of fused-ring (bicyclic) bond motifs is 1. The van der Waals surface area contributed by atoms with Crippen molar-refractivity contribution in [3.8, 4) is 0 Å². The first-order chi connectivity index (χ1) is 16.6. The van der Waals surface area contributed by atoms with Gasteiger partial charge < -0.3 is 29.7 Å². The van der Waals surface area contributed by atoms with E-state index in [2.05, 4.69) is 16.0 Å². The third kappa shape index (κ3) is 6.13. The van der Waals surface area contributed by atoms with Gasteiger partial charge in [-0.15, -0.1) is 0 Å². The molecule has 0 radical (unpaired) electrons. The standard InChI is InChI=1S/C23H25F3N4O4S/c1-30(2)16-8-6-14(7-9-16)27-21(35)29-17-11-32-20-18(12-33-19(17)20)34-22(31)28-15-5-3-4-13(10-15)23(24,25)26/h3-10,17-20H,11-12H2,1-2H3,(H,28,31)(H2,27,29,35). The molecule has 2 aliphatic rings. The third-order valence-corrected chi connectivity index (χ3v) is 5.88. The van der Waals surface area contributed by atoms with Crippen LogP contribution in [0.3, 0.4) is 0 Å². The molecule has 2 aromatic rings. The Labute approximate surface area is 205 Å². The van der Waals surface area contributed by atoms with Gasteiger partial charge in [0.2, 0.25) is 0 Å². The Morgan fingerprint density at radius 2 is 1.74 bits per heavy atom. The molecule has 2 aliphatic heterocycles. The Bertz CT molecular complexity index is 1070. The summed E-state index contributed by atoms with van der Waals surface area (Å²) in [6, 6.07) is 11.8. The fourth-order valence-corrected chi connectivity index (χ4v) is 4.19. The van der Waals surface area contributed by atoms with E-state index >= 15 is 0 Å². The second-order valence-corrected chi connectivity index (χ2v) is 8.80. The summed E-state index contributed by atoms with van der Waals surface area (Å²) >= 11 is 5.41. The highest BCUT2D eigenvalue weighted by atomic mass is 32.1. The second-order valence-electron chi connectivity index (χ2n) is 8.39. The van der Waals surface area contributed by atoms with Gasteiger partial charge in [0.15, 0.2) is 11.2 Å². The molecule has 2 saturated heterocycles. The average molecular weight is 511 g/mol. The van der Waals surface area contributed by atoms with Gasteiger partial charge in [-0.2, -0.15) is 13.2 Å². The van der Waals surface area contributed by atoms with Gasteiger partial charge in [0.1, 0.15) is 12.2 Å². The average Bonchev–Trinajstić information content (AvgIpc) is 3.37. The number of rotatable bonds is 5. The minimum atomic E-state index is -4.51. The minimum absolute atomic E-state index is 0.0257. The molecular formula is C23H25F3N4O4S. The maximum Gasteiger partial charge on any atom is 0.416 e. The molecule has 0 aliphatic carbocycles. The number of nitrogens with one attached hydrogen (secondary N) is 3. The van der Waals surface area contributed by atoms with Crippen LogP contribution in [-0.4, -0.2) is 62.9 Å². The number of hydrogen-bond donors (Lipinski definition) is 3. The molecule has 0 aromatic heterocycles. The van der Waals surface area contributed by atoms with Crippen LogP contribution in [-0.2, 0) is 20.4 Å². The maximum absolute atomic E-state index is 12.9. The van der Waals surface area contributed by atoms with Gasteiger partial charge in [-0.05, 0) is 54.7 Å². The quantitative estimate of drug-likeness (QED) is 0.524. The van der Waals surface area contributed by atoms with Gasteiger partial charge in [0, 0.05) is 31.2 Å². The lowest BCUT2D eigenvalue weighted by Crippen LogP contribution is -2.46. The van der Waals surface area contributed by atoms with Gasteiger partial charge in [-0.1, -0.05) is 6.07 Å². The fourth-order valence-electron chi connectivity index (χ4n) is 3.93. The van der Waals surface area contributed by atoms with Crippen molar-refractivity contribution in [2.75, 3.05) is 42.8 Å². The molecule has 2 aromatic carbocycles. The normalized spacial score (nSPS) is 23.3. The topological polar surface area (TPSA) is 84.1 Å². The number of carbonyl (C=O) groups excluding carboxylic acids is 1. The Balaban J connectivity index is 1.27. The van der Waals surface area contributed by atoms with Crippen LogP contribution in [0.1, 0.15) is 5.56 Å². The van der Waals surface area contributed by atoms with Crippen molar-refractivity contribution in [1.29, 1.82) is 0 Å². The number of amides is 1. The zero-order valence-corrected chi connectivity index (χ0v) is 19.8. The number of hydrogen-bond acceptors (Lipinski definition) is 6. The van der Waals surface area contributed by atoms with E-state index in [1.54, 1.807) is 0 Å². The summed E-state index contributed by atoms with van der Waals surface area (Å²) in [5.74, 6) is 0. The van der Waals surface area contributed by atoms with Crippen LogP contribution in [0.4, 0.5) is 35.0 Å². The SMILES string of the molecule is CN(C)c1ccc(NC(=S)NC2COC3C(OC(=O)Nc4cccc(C(F)(F)F)c4)COC23)cc1. The molecule has 4 unspecified atom stereocenters. The first-order valence-corrected chi connectivity index (χ1v) is 11.2. The van der Waals surface area contributed by atoms with E-state index in [9.17, 15) is 18.0 Å². The maximum atomic E-state index is 12.9. The van der Waals surface area contributed by atoms with Crippen molar-refractivity contribution in [1.82, 2.24) is 5.32 Å². The molecule has 1 amide bonds. The Hall–Kier alpha value is -3.09. The number of benzene rings is 2. The summed E-state index contributed by atoms with van der Waals surface area (Å²) in [4.78, 5) is 14.3. The summed E-state index contributed by atoms with van der Waals surface area (Å²) in [6.45, 7) is 0.377. The van der Waals surface area contributed by atoms with Crippen molar-refractivity contribution >= 4 is 40.5 Å². The number of ether oxygens (including phenoxy) is 3. The highest BCUT2D eigenvalue weighted by Gasteiger charge is 2.49. The van der Waals surface area contributed by atoms with E-state index in [4.69, 9.17) is 26.4 Å². The van der Waals surface area contributed by atoms with Crippen molar-refractivity contribution in [2.24, 2.45) is 0 Å². The summed E-state index contributed by atoms with van der Waals surface area (Å²) < 4.78 is 55.6. The molecule has 2 fully saturated rings. The van der Waals surface area contributed by atoms with Gasteiger partial charge in [0.05, 0.1) is 24.8 Å². The van der Waals surface area contributed by atoms with E-state index in [0.717, 1.165) is 23.5 Å². The van der Waals surface area contributed by atoms with Crippen molar-refractivity contribution in [3.63, 3.8) is 0 Å². The highest BCUT2D eigenvalue weighted by molar-refractivity contribution is 7.80. The summed E-state index contributed by atoms with van der Waals surface area (Å²) in [6.07, 6.45) is -7.05. The van der Waals surface area contributed by atoms with Crippen LogP contribution in [0.5, 0.6) is 0 Å². The van der Waals surface area contributed by atoms with E-state index in [0.29, 0.717) is 5.11 Å². The number of carbonyl (C=O) groups is 1. The Kier molecular flexibility index (Phi) is 7.33. The summed E-state index contributed by atoms with van der Waals surface area (Å²) in [5.41, 5.74) is 0.986. The minimum Gasteiger partial charge on any atom is -0.441 e. The number of alkyl halides is 3. The molecule has 4 atom stereocenters. The van der Waals surface area contributed by atoms with Gasteiger partial charge in [-0.25, -0.2) is 4.79 Å². The van der Waals surface area contributed by atoms with Crippen LogP contribution in [0, 0.1) is 0 Å². The van der Waals surface area contributed by atoms with Crippen LogP contribution in [0.2, 0.25) is 0 Å². The van der Waals surface area contributed by atoms with Crippen LogP contribution < -0.4 is 20.9 Å². The molecular weight excluding hydrogens is 485 g/mol. The van der Waals surface area contributed by atoms with Gasteiger partial charge >= 0.3 is 12.3 Å². The molecule has 0 saturated carbocycles. The lowest BCUT2D eigenvalue weighted by atomic mass is 10.1. The van der Waals surface area contributed by atoms with E-state index in [1.807, 2.05) is 43.3 Å². The molecule has 2 heterocycles. The fraction of sp³-hybridized carbons (Fsp3) is 0.391. The van der Waals surface area contributed by atoms with E-state index < -0.39 is 36.1 Å². The van der Waals surface area contributed by atoms with E-state index in [-0.39, 0.29) is 24.9 Å². The first kappa shape index (κ1) is 25.0. The summed E-state index contributed by atoms with van der Waals surface area (Å²) in [7, 11) is 3.91. The second kappa shape index (κ2) is 10.3. The molecule has 12 heteroatoms. The molecule has 0 spiro atoms. The van der Waals surface area contributed by atoms with Crippen LogP contribution in [0.15, 0.2) is 48.5 Å². The smallest absolute Gasteiger partial charge is 0.416 e. The Morgan fingerprint density at radius 1 is 1.03 bits per heavy atom. The first-order valence-electron chi connectivity index (χ1n) is 10.8. The lowest BCUT2D eigenvalue weighted by molar-refractivity contribution is -0.137. The molecule has 4 rings (SSSR count). The predicted octanol–water partition coefficient (Wildman–Crippen LogP) is 3.84. The zero-order valence-electron chi connectivity index (χ0n) is 19.0. The number of anilines is 3. The molecule has 3 N–H and O–H groups in total. The van der Waals surface area contributed by atoms with Crippen LogP contribution >= 0.6 is 12.2 Å². The molecule has 0 bridgehead atoms. The molecule has 188 valence electrons. The number of halogens is 3. The van der Waals surface area contributed by atoms with Crippen molar-refractivity contribution in [2.45, 2.75) is 30.5 Å². The monoisotopic (exact) mass is 510 g/mol. The third-order valence-electron chi connectivity index (χ3n) is 5.66. The van der Waals surface area contributed by atoms with Crippen molar-refractivity contribution < 1.29 is 32.2 Å². The predicted molar refractivity (Wildman–Crippen MR) is 129 cm³/mol. The highest BCUT2D eigenvalue weighted by Crippen LogP contribution is 2.32.